The highest BCUT2D eigenvalue weighted by Gasteiger charge is 2.51. The summed E-state index contributed by atoms with van der Waals surface area (Å²) in [5.41, 5.74) is 2.51. The minimum absolute atomic E-state index is 0.0905. The van der Waals surface area contributed by atoms with E-state index in [-0.39, 0.29) is 5.66 Å². The first-order valence-electron chi connectivity index (χ1n) is 12.5. The standard InChI is InChI=1S/C28H36NOP/c30-31(29(25-17-9-3-10-18-25)26-19-11-4-12-20-26)27(23-13-5-1-6-14-23)21-22-28(31)24-15-7-2-8-16-24/h1-2,5-8,13-16,21,25-26,28H,3-4,9-12,17-20,22H2/t28-,31+/m0/s1. The second kappa shape index (κ2) is 9.47. The first kappa shape index (κ1) is 21.2. The Morgan fingerprint density at radius 3 is 1.74 bits per heavy atom. The minimum atomic E-state index is -2.79. The van der Waals surface area contributed by atoms with Gasteiger partial charge in [-0.3, -0.25) is 0 Å². The molecular weight excluding hydrogens is 397 g/mol. The summed E-state index contributed by atoms with van der Waals surface area (Å²) in [6.45, 7) is 0. The Bertz CT molecular complexity index is 908. The molecule has 1 heterocycles. The maximum Gasteiger partial charge on any atom is 0.186 e. The molecule has 0 N–H and O–H groups in total. The number of benzene rings is 2. The zero-order chi connectivity index (χ0) is 21.1. The lowest BCUT2D eigenvalue weighted by Crippen LogP contribution is -2.43. The summed E-state index contributed by atoms with van der Waals surface area (Å²) in [6.07, 6.45) is 15.9. The molecule has 2 saturated carbocycles. The van der Waals surface area contributed by atoms with Crippen molar-refractivity contribution in [3.05, 3.63) is 77.9 Å². The summed E-state index contributed by atoms with van der Waals surface area (Å²) in [5.74, 6) is 0. The zero-order valence-electron chi connectivity index (χ0n) is 18.7. The van der Waals surface area contributed by atoms with E-state index in [1.807, 2.05) is 0 Å². The van der Waals surface area contributed by atoms with Crippen LogP contribution in [0.2, 0.25) is 0 Å². The van der Waals surface area contributed by atoms with Crippen LogP contribution in [0.15, 0.2) is 66.7 Å². The predicted octanol–water partition coefficient (Wildman–Crippen LogP) is 8.42. The van der Waals surface area contributed by atoms with Crippen molar-refractivity contribution in [3.8, 4) is 0 Å². The molecule has 2 aliphatic carbocycles. The average molecular weight is 434 g/mol. The van der Waals surface area contributed by atoms with E-state index in [9.17, 15) is 0 Å². The molecule has 5 rings (SSSR count). The number of hydrogen-bond donors (Lipinski definition) is 0. The Hall–Kier alpha value is -1.63. The van der Waals surface area contributed by atoms with Crippen molar-refractivity contribution in [2.24, 2.45) is 0 Å². The van der Waals surface area contributed by atoms with Gasteiger partial charge < -0.3 is 4.57 Å². The van der Waals surface area contributed by atoms with Gasteiger partial charge in [0.1, 0.15) is 0 Å². The van der Waals surface area contributed by atoms with Crippen molar-refractivity contribution >= 4 is 12.6 Å². The summed E-state index contributed by atoms with van der Waals surface area (Å²) in [7, 11) is -2.79. The average Bonchev–Trinajstić information content (AvgIpc) is 3.19. The fourth-order valence-electron chi connectivity index (χ4n) is 6.35. The third-order valence-electron chi connectivity index (χ3n) is 7.80. The van der Waals surface area contributed by atoms with Crippen LogP contribution in [0, 0.1) is 0 Å². The smallest absolute Gasteiger partial charge is 0.186 e. The monoisotopic (exact) mass is 433 g/mol. The highest BCUT2D eigenvalue weighted by molar-refractivity contribution is 7.72. The van der Waals surface area contributed by atoms with Crippen LogP contribution in [0.3, 0.4) is 0 Å². The lowest BCUT2D eigenvalue weighted by molar-refractivity contribution is 0.168. The Labute approximate surface area is 188 Å². The molecule has 0 saturated heterocycles. The van der Waals surface area contributed by atoms with Crippen molar-refractivity contribution in [1.29, 1.82) is 0 Å². The SMILES string of the molecule is O=[P@]1(N(C2CCCCC2)C2CCCCC2)C(c2ccccc2)=CC[C@H]1c1ccccc1. The molecule has 0 radical (unpaired) electrons. The van der Waals surface area contributed by atoms with Crippen molar-refractivity contribution in [2.45, 2.75) is 88.4 Å². The third-order valence-corrected chi connectivity index (χ3v) is 11.6. The normalized spacial score (nSPS) is 28.0. The van der Waals surface area contributed by atoms with Crippen LogP contribution in [0.25, 0.3) is 5.31 Å². The van der Waals surface area contributed by atoms with Gasteiger partial charge in [-0.1, -0.05) is 105 Å². The molecule has 3 aliphatic rings. The first-order valence-corrected chi connectivity index (χ1v) is 14.2. The Kier molecular flexibility index (Phi) is 6.49. The molecule has 2 aromatic carbocycles. The number of nitrogens with zero attached hydrogens (tertiary/aromatic N) is 1. The highest BCUT2D eigenvalue weighted by atomic mass is 31.2. The van der Waals surface area contributed by atoms with Gasteiger partial charge in [0.25, 0.3) is 0 Å². The van der Waals surface area contributed by atoms with Crippen molar-refractivity contribution in [2.75, 3.05) is 0 Å². The second-order valence-electron chi connectivity index (χ2n) is 9.70. The summed E-state index contributed by atoms with van der Waals surface area (Å²) < 4.78 is 18.3. The van der Waals surface area contributed by atoms with Crippen LogP contribution < -0.4 is 0 Å². The fraction of sp³-hybridized carbons (Fsp3) is 0.500. The van der Waals surface area contributed by atoms with Crippen molar-refractivity contribution in [1.82, 2.24) is 4.67 Å². The molecule has 2 nitrogen and oxygen atoms in total. The van der Waals surface area contributed by atoms with E-state index < -0.39 is 7.29 Å². The van der Waals surface area contributed by atoms with Crippen LogP contribution in [0.4, 0.5) is 0 Å². The van der Waals surface area contributed by atoms with Gasteiger partial charge in [-0.15, -0.1) is 0 Å². The molecule has 31 heavy (non-hydrogen) atoms. The number of hydrogen-bond acceptors (Lipinski definition) is 1. The summed E-state index contributed by atoms with van der Waals surface area (Å²) in [4.78, 5) is 0. The Morgan fingerprint density at radius 2 is 1.19 bits per heavy atom. The van der Waals surface area contributed by atoms with E-state index in [0.29, 0.717) is 12.1 Å². The summed E-state index contributed by atoms with van der Waals surface area (Å²) in [5, 5.41) is 1.14. The molecule has 2 fully saturated rings. The molecule has 1 aliphatic heterocycles. The van der Waals surface area contributed by atoms with Crippen LogP contribution in [0.1, 0.15) is 87.4 Å². The van der Waals surface area contributed by atoms with Gasteiger partial charge in [0.2, 0.25) is 0 Å². The zero-order valence-corrected chi connectivity index (χ0v) is 19.6. The summed E-state index contributed by atoms with van der Waals surface area (Å²) in [6, 6.07) is 22.3. The van der Waals surface area contributed by atoms with Crippen LogP contribution in [-0.4, -0.2) is 16.8 Å². The highest BCUT2D eigenvalue weighted by Crippen LogP contribution is 2.77. The molecule has 2 aromatic rings. The third kappa shape index (κ3) is 4.10. The van der Waals surface area contributed by atoms with Gasteiger partial charge in [-0.2, -0.15) is 0 Å². The van der Waals surface area contributed by atoms with Crippen LogP contribution in [-0.2, 0) is 4.57 Å². The van der Waals surface area contributed by atoms with Gasteiger partial charge in [-0.05, 0) is 43.2 Å². The van der Waals surface area contributed by atoms with Gasteiger partial charge in [-0.25, -0.2) is 4.67 Å². The van der Waals surface area contributed by atoms with Gasteiger partial charge in [0.15, 0.2) is 7.29 Å². The molecule has 2 atom stereocenters. The van der Waals surface area contributed by atoms with Gasteiger partial charge in [0, 0.05) is 17.4 Å². The van der Waals surface area contributed by atoms with E-state index in [1.54, 1.807) is 0 Å². The Morgan fingerprint density at radius 1 is 0.677 bits per heavy atom. The van der Waals surface area contributed by atoms with E-state index >= 15 is 4.57 Å². The topological polar surface area (TPSA) is 20.3 Å². The summed E-state index contributed by atoms with van der Waals surface area (Å²) >= 11 is 0. The number of allylic oxidation sites excluding steroid dienone is 1. The lowest BCUT2D eigenvalue weighted by atomic mass is 9.91. The predicted molar refractivity (Wildman–Crippen MR) is 131 cm³/mol. The van der Waals surface area contributed by atoms with Crippen LogP contribution in [0.5, 0.6) is 0 Å². The molecule has 0 spiro atoms. The maximum absolute atomic E-state index is 15.6. The maximum atomic E-state index is 15.6. The minimum Gasteiger partial charge on any atom is -0.301 e. The molecule has 0 unspecified atom stereocenters. The quantitative estimate of drug-likeness (QED) is 0.441. The van der Waals surface area contributed by atoms with E-state index in [0.717, 1.165) is 11.7 Å². The lowest BCUT2D eigenvalue weighted by Gasteiger charge is -2.47. The van der Waals surface area contributed by atoms with Crippen molar-refractivity contribution in [3.63, 3.8) is 0 Å². The molecule has 164 valence electrons. The number of rotatable bonds is 5. The Balaban J connectivity index is 1.63. The molecule has 3 heteroatoms. The molecule has 0 amide bonds. The molecule has 0 bridgehead atoms. The first-order chi connectivity index (χ1) is 15.3. The van der Waals surface area contributed by atoms with E-state index in [1.165, 1.54) is 75.3 Å². The largest absolute Gasteiger partial charge is 0.301 e. The van der Waals surface area contributed by atoms with Gasteiger partial charge >= 0.3 is 0 Å². The fourth-order valence-corrected chi connectivity index (χ4v) is 10.5. The van der Waals surface area contributed by atoms with Crippen molar-refractivity contribution < 1.29 is 4.57 Å². The van der Waals surface area contributed by atoms with Gasteiger partial charge in [0.05, 0.1) is 5.66 Å². The van der Waals surface area contributed by atoms with E-state index in [4.69, 9.17) is 0 Å². The molecular formula is C28H36NOP. The second-order valence-corrected chi connectivity index (χ2v) is 12.5. The molecule has 0 aromatic heterocycles. The van der Waals surface area contributed by atoms with Crippen LogP contribution >= 0.6 is 7.29 Å². The van der Waals surface area contributed by atoms with E-state index in [2.05, 4.69) is 71.4 Å².